The van der Waals surface area contributed by atoms with Gasteiger partial charge >= 0.3 is 0 Å². The second kappa shape index (κ2) is 6.85. The van der Waals surface area contributed by atoms with Gasteiger partial charge in [0.05, 0.1) is 0 Å². The van der Waals surface area contributed by atoms with Crippen molar-refractivity contribution >= 4 is 29.0 Å². The minimum absolute atomic E-state index is 0.148. The number of amides is 1. The van der Waals surface area contributed by atoms with Crippen LogP contribution in [0.5, 0.6) is 0 Å². The van der Waals surface area contributed by atoms with E-state index in [1.807, 2.05) is 55.0 Å². The molecule has 0 aromatic heterocycles. The molecule has 0 spiro atoms. The van der Waals surface area contributed by atoms with Crippen LogP contribution in [0.25, 0.3) is 0 Å². The highest BCUT2D eigenvalue weighted by molar-refractivity contribution is 7.99. The van der Waals surface area contributed by atoms with E-state index in [1.165, 1.54) is 24.3 Å². The van der Waals surface area contributed by atoms with E-state index in [-0.39, 0.29) is 5.91 Å². The first-order valence-electron chi connectivity index (χ1n) is 6.80. The van der Waals surface area contributed by atoms with Crippen LogP contribution < -0.4 is 10.2 Å². The number of nitrogens with zero attached hydrogens (tertiary/aromatic N) is 1. The summed E-state index contributed by atoms with van der Waals surface area (Å²) in [6, 6.07) is 7.97. The maximum absolute atomic E-state index is 12.0. The van der Waals surface area contributed by atoms with Crippen molar-refractivity contribution < 1.29 is 4.79 Å². The SMILES string of the molecule is CN(C)c1ccc(NC(=O)CC2CCSCC2)cc1. The van der Waals surface area contributed by atoms with Crippen LogP contribution in [0.3, 0.4) is 0 Å². The molecule has 0 saturated carbocycles. The molecule has 19 heavy (non-hydrogen) atoms. The van der Waals surface area contributed by atoms with Gasteiger partial charge in [-0.1, -0.05) is 0 Å². The van der Waals surface area contributed by atoms with E-state index in [9.17, 15) is 4.79 Å². The Morgan fingerprint density at radius 2 is 1.89 bits per heavy atom. The van der Waals surface area contributed by atoms with Crippen LogP contribution in [0.4, 0.5) is 11.4 Å². The van der Waals surface area contributed by atoms with Crippen LogP contribution in [0, 0.1) is 5.92 Å². The molecule has 1 aromatic carbocycles. The smallest absolute Gasteiger partial charge is 0.224 e. The summed E-state index contributed by atoms with van der Waals surface area (Å²) in [5.74, 6) is 3.13. The molecule has 1 saturated heterocycles. The van der Waals surface area contributed by atoms with E-state index >= 15 is 0 Å². The maximum atomic E-state index is 12.0. The van der Waals surface area contributed by atoms with Crippen molar-refractivity contribution in [2.45, 2.75) is 19.3 Å². The highest BCUT2D eigenvalue weighted by atomic mass is 32.2. The standard InChI is InChI=1S/C15H22N2OS/c1-17(2)14-5-3-13(4-6-14)16-15(18)11-12-7-9-19-10-8-12/h3-6,12H,7-11H2,1-2H3,(H,16,18). The van der Waals surface area contributed by atoms with Gasteiger partial charge in [-0.05, 0) is 54.5 Å². The molecule has 3 nitrogen and oxygen atoms in total. The molecular weight excluding hydrogens is 256 g/mol. The third-order valence-electron chi connectivity index (χ3n) is 3.48. The summed E-state index contributed by atoms with van der Waals surface area (Å²) in [7, 11) is 4.02. The second-order valence-electron chi connectivity index (χ2n) is 5.25. The fourth-order valence-electron chi connectivity index (χ4n) is 2.27. The third-order valence-corrected chi connectivity index (χ3v) is 4.53. The number of carbonyl (C=O) groups is 1. The Bertz CT molecular complexity index is 411. The molecule has 0 aliphatic carbocycles. The molecule has 0 radical (unpaired) electrons. The summed E-state index contributed by atoms with van der Waals surface area (Å²) in [5, 5.41) is 2.99. The molecule has 0 bridgehead atoms. The number of rotatable bonds is 4. The van der Waals surface area contributed by atoms with Crippen LogP contribution in [-0.4, -0.2) is 31.5 Å². The molecule has 0 atom stereocenters. The van der Waals surface area contributed by atoms with Gasteiger partial charge in [-0.15, -0.1) is 0 Å². The first-order chi connectivity index (χ1) is 9.15. The van der Waals surface area contributed by atoms with E-state index in [4.69, 9.17) is 0 Å². The average molecular weight is 278 g/mol. The summed E-state index contributed by atoms with van der Waals surface area (Å²) < 4.78 is 0. The number of thioether (sulfide) groups is 1. The molecule has 104 valence electrons. The summed E-state index contributed by atoms with van der Waals surface area (Å²) in [6.45, 7) is 0. The summed E-state index contributed by atoms with van der Waals surface area (Å²) in [5.41, 5.74) is 2.03. The van der Waals surface area contributed by atoms with Gasteiger partial charge in [-0.3, -0.25) is 4.79 Å². The van der Waals surface area contributed by atoms with Crippen LogP contribution in [0.2, 0.25) is 0 Å². The lowest BCUT2D eigenvalue weighted by Gasteiger charge is -2.20. The molecule has 1 aliphatic heterocycles. The number of carbonyl (C=O) groups excluding carboxylic acids is 1. The van der Waals surface area contributed by atoms with Gasteiger partial charge in [-0.2, -0.15) is 11.8 Å². The molecule has 1 heterocycles. The number of hydrogen-bond acceptors (Lipinski definition) is 3. The number of nitrogens with one attached hydrogen (secondary N) is 1. The number of benzene rings is 1. The van der Waals surface area contributed by atoms with Crippen molar-refractivity contribution in [2.24, 2.45) is 5.92 Å². The monoisotopic (exact) mass is 278 g/mol. The van der Waals surface area contributed by atoms with Crippen LogP contribution in [0.15, 0.2) is 24.3 Å². The second-order valence-corrected chi connectivity index (χ2v) is 6.47. The van der Waals surface area contributed by atoms with E-state index in [1.54, 1.807) is 0 Å². The predicted molar refractivity (Wildman–Crippen MR) is 84.1 cm³/mol. The van der Waals surface area contributed by atoms with Crippen molar-refractivity contribution in [3.8, 4) is 0 Å². The zero-order chi connectivity index (χ0) is 13.7. The minimum Gasteiger partial charge on any atom is -0.378 e. The maximum Gasteiger partial charge on any atom is 0.224 e. The Hall–Kier alpha value is -1.16. The van der Waals surface area contributed by atoms with Gasteiger partial charge < -0.3 is 10.2 Å². The first kappa shape index (κ1) is 14.3. The van der Waals surface area contributed by atoms with Gasteiger partial charge in [0.1, 0.15) is 0 Å². The van der Waals surface area contributed by atoms with Gasteiger partial charge in [0.25, 0.3) is 0 Å². The zero-order valence-electron chi connectivity index (χ0n) is 11.7. The third kappa shape index (κ3) is 4.46. The molecule has 1 aliphatic rings. The summed E-state index contributed by atoms with van der Waals surface area (Å²) in [4.78, 5) is 14.0. The van der Waals surface area contributed by atoms with Gasteiger partial charge in [0.15, 0.2) is 0 Å². The lowest BCUT2D eigenvalue weighted by atomic mass is 9.98. The number of hydrogen-bond donors (Lipinski definition) is 1. The normalized spacial score (nSPS) is 16.1. The summed E-state index contributed by atoms with van der Waals surface area (Å²) >= 11 is 2.00. The Morgan fingerprint density at radius 3 is 2.47 bits per heavy atom. The first-order valence-corrected chi connectivity index (χ1v) is 7.95. The highest BCUT2D eigenvalue weighted by Gasteiger charge is 2.17. The largest absolute Gasteiger partial charge is 0.378 e. The van der Waals surface area contributed by atoms with Gasteiger partial charge in [0, 0.05) is 31.9 Å². The Morgan fingerprint density at radius 1 is 1.26 bits per heavy atom. The molecule has 1 N–H and O–H groups in total. The fourth-order valence-corrected chi connectivity index (χ4v) is 3.47. The molecule has 4 heteroatoms. The average Bonchev–Trinajstić information content (AvgIpc) is 2.40. The van der Waals surface area contributed by atoms with Gasteiger partial charge in [-0.25, -0.2) is 0 Å². The summed E-state index contributed by atoms with van der Waals surface area (Å²) in [6.07, 6.45) is 3.02. The Kier molecular flexibility index (Phi) is 5.14. The van der Waals surface area contributed by atoms with Crippen molar-refractivity contribution in [2.75, 3.05) is 35.8 Å². The van der Waals surface area contributed by atoms with E-state index in [2.05, 4.69) is 5.32 Å². The van der Waals surface area contributed by atoms with Crippen molar-refractivity contribution in [3.63, 3.8) is 0 Å². The fraction of sp³-hybridized carbons (Fsp3) is 0.533. The van der Waals surface area contributed by atoms with E-state index < -0.39 is 0 Å². The van der Waals surface area contributed by atoms with Crippen LogP contribution in [0.1, 0.15) is 19.3 Å². The molecule has 1 amide bonds. The predicted octanol–water partition coefficient (Wildman–Crippen LogP) is 3.22. The molecule has 2 rings (SSSR count). The quantitative estimate of drug-likeness (QED) is 0.918. The van der Waals surface area contributed by atoms with Crippen LogP contribution in [-0.2, 0) is 4.79 Å². The lowest BCUT2D eigenvalue weighted by Crippen LogP contribution is -2.19. The lowest BCUT2D eigenvalue weighted by molar-refractivity contribution is -0.117. The molecule has 1 aromatic rings. The number of anilines is 2. The van der Waals surface area contributed by atoms with E-state index in [0.717, 1.165) is 11.4 Å². The molecular formula is C15H22N2OS. The van der Waals surface area contributed by atoms with Crippen molar-refractivity contribution in [3.05, 3.63) is 24.3 Å². The Balaban J connectivity index is 1.84. The molecule has 0 unspecified atom stereocenters. The van der Waals surface area contributed by atoms with Gasteiger partial charge in [0.2, 0.25) is 5.91 Å². The van der Waals surface area contributed by atoms with Crippen LogP contribution >= 0.6 is 11.8 Å². The Labute approximate surface area is 119 Å². The van der Waals surface area contributed by atoms with Crippen molar-refractivity contribution in [1.82, 2.24) is 0 Å². The minimum atomic E-state index is 0.148. The van der Waals surface area contributed by atoms with E-state index in [0.29, 0.717) is 12.3 Å². The highest BCUT2D eigenvalue weighted by Crippen LogP contribution is 2.25. The zero-order valence-corrected chi connectivity index (χ0v) is 12.5. The van der Waals surface area contributed by atoms with Crippen molar-refractivity contribution in [1.29, 1.82) is 0 Å². The molecule has 1 fully saturated rings. The topological polar surface area (TPSA) is 32.3 Å².